The average molecular weight is 273 g/mol. The summed E-state index contributed by atoms with van der Waals surface area (Å²) in [7, 11) is -2.91. The topological polar surface area (TPSA) is 55.4 Å². The van der Waals surface area contributed by atoms with E-state index < -0.39 is 9.84 Å². The Morgan fingerprint density at radius 1 is 1.22 bits per heavy atom. The summed E-state index contributed by atoms with van der Waals surface area (Å²) in [5, 5.41) is 4.61. The lowest BCUT2D eigenvalue weighted by molar-refractivity contribution is 0.0631. The van der Waals surface area contributed by atoms with Crippen LogP contribution in [-0.4, -0.2) is 40.0 Å². The average Bonchev–Trinajstić information content (AvgIpc) is 2.70. The Kier molecular flexibility index (Phi) is 5.21. The van der Waals surface area contributed by atoms with Crippen molar-refractivity contribution in [1.82, 2.24) is 5.32 Å². The lowest BCUT2D eigenvalue weighted by Crippen LogP contribution is -2.30. The number of unbranched alkanes of at least 4 members (excludes halogenated alkanes) is 1. The molecule has 1 atom stereocenters. The highest BCUT2D eigenvalue weighted by Gasteiger charge is 2.20. The first kappa shape index (κ1) is 14.0. The molecule has 2 aliphatic heterocycles. The summed E-state index contributed by atoms with van der Waals surface area (Å²) in [6.07, 6.45) is 7.80. The SMILES string of the molecule is O=S1(=O)C=CC(NCCCCC2CCOCC2)C1. The van der Waals surface area contributed by atoms with Crippen LogP contribution in [0.25, 0.3) is 0 Å². The first-order valence-corrected chi connectivity index (χ1v) is 8.59. The van der Waals surface area contributed by atoms with E-state index in [-0.39, 0.29) is 11.8 Å². The maximum Gasteiger partial charge on any atom is 0.173 e. The van der Waals surface area contributed by atoms with Crippen molar-refractivity contribution >= 4 is 9.84 Å². The highest BCUT2D eigenvalue weighted by molar-refractivity contribution is 7.94. The molecule has 0 bridgehead atoms. The van der Waals surface area contributed by atoms with E-state index in [2.05, 4.69) is 5.32 Å². The summed E-state index contributed by atoms with van der Waals surface area (Å²) in [6, 6.07) is 0.0260. The highest BCUT2D eigenvalue weighted by atomic mass is 32.2. The molecule has 1 fully saturated rings. The van der Waals surface area contributed by atoms with Gasteiger partial charge in [-0.1, -0.05) is 18.9 Å². The molecule has 0 saturated carbocycles. The van der Waals surface area contributed by atoms with Gasteiger partial charge in [0.1, 0.15) is 0 Å². The molecule has 2 rings (SSSR count). The van der Waals surface area contributed by atoms with Crippen molar-refractivity contribution in [2.24, 2.45) is 5.92 Å². The molecular formula is C13H23NO3S. The molecular weight excluding hydrogens is 250 g/mol. The Bertz CT molecular complexity index is 372. The summed E-state index contributed by atoms with van der Waals surface area (Å²) in [4.78, 5) is 0. The van der Waals surface area contributed by atoms with E-state index >= 15 is 0 Å². The lowest BCUT2D eigenvalue weighted by atomic mass is 9.94. The summed E-state index contributed by atoms with van der Waals surface area (Å²) >= 11 is 0. The maximum atomic E-state index is 11.2. The van der Waals surface area contributed by atoms with Crippen LogP contribution in [0.15, 0.2) is 11.5 Å². The summed E-state index contributed by atoms with van der Waals surface area (Å²) < 4.78 is 27.7. The third-order valence-corrected chi connectivity index (χ3v) is 5.11. The molecule has 0 aromatic carbocycles. The van der Waals surface area contributed by atoms with Crippen molar-refractivity contribution < 1.29 is 13.2 Å². The Hall–Kier alpha value is -0.390. The molecule has 2 aliphatic rings. The third-order valence-electron chi connectivity index (χ3n) is 3.72. The molecule has 0 aromatic rings. The number of hydrogen-bond donors (Lipinski definition) is 1. The second kappa shape index (κ2) is 6.68. The zero-order valence-corrected chi connectivity index (χ0v) is 11.6. The molecule has 4 nitrogen and oxygen atoms in total. The van der Waals surface area contributed by atoms with Crippen molar-refractivity contribution in [3.8, 4) is 0 Å². The van der Waals surface area contributed by atoms with Crippen LogP contribution >= 0.6 is 0 Å². The van der Waals surface area contributed by atoms with E-state index in [0.717, 1.165) is 32.1 Å². The summed E-state index contributed by atoms with van der Waals surface area (Å²) in [5.41, 5.74) is 0. The van der Waals surface area contributed by atoms with E-state index in [1.807, 2.05) is 0 Å². The van der Waals surface area contributed by atoms with Crippen LogP contribution in [0.3, 0.4) is 0 Å². The second-order valence-electron chi connectivity index (χ2n) is 5.27. The number of sulfone groups is 1. The first-order valence-electron chi connectivity index (χ1n) is 6.88. The Labute approximate surface area is 110 Å². The van der Waals surface area contributed by atoms with Gasteiger partial charge in [0.25, 0.3) is 0 Å². The molecule has 0 amide bonds. The molecule has 0 radical (unpaired) electrons. The van der Waals surface area contributed by atoms with Crippen LogP contribution < -0.4 is 5.32 Å². The predicted molar refractivity (Wildman–Crippen MR) is 72.1 cm³/mol. The predicted octanol–water partition coefficient (Wildman–Crippen LogP) is 1.48. The second-order valence-corrected chi connectivity index (χ2v) is 7.20. The lowest BCUT2D eigenvalue weighted by Gasteiger charge is -2.21. The number of hydrogen-bond acceptors (Lipinski definition) is 4. The fraction of sp³-hybridized carbons (Fsp3) is 0.846. The van der Waals surface area contributed by atoms with Gasteiger partial charge in [-0.2, -0.15) is 0 Å². The molecule has 0 spiro atoms. The van der Waals surface area contributed by atoms with Gasteiger partial charge in [-0.25, -0.2) is 8.42 Å². The Balaban J connectivity index is 1.50. The fourth-order valence-corrected chi connectivity index (χ4v) is 3.85. The fourth-order valence-electron chi connectivity index (χ4n) is 2.58. The standard InChI is InChI=1S/C13H23NO3S/c15-18(16)10-6-13(11-18)14-7-2-1-3-12-4-8-17-9-5-12/h6,10,12-14H,1-5,7-9,11H2. The van der Waals surface area contributed by atoms with Gasteiger partial charge < -0.3 is 10.1 Å². The minimum absolute atomic E-state index is 0.0260. The smallest absolute Gasteiger partial charge is 0.173 e. The van der Waals surface area contributed by atoms with E-state index in [4.69, 9.17) is 4.74 Å². The molecule has 0 aromatic heterocycles. The zero-order chi connectivity index (χ0) is 12.8. The van der Waals surface area contributed by atoms with Gasteiger partial charge in [0.15, 0.2) is 9.84 Å². The molecule has 2 heterocycles. The van der Waals surface area contributed by atoms with Crippen molar-refractivity contribution in [3.05, 3.63) is 11.5 Å². The van der Waals surface area contributed by atoms with Crippen LogP contribution in [0.1, 0.15) is 32.1 Å². The first-order chi connectivity index (χ1) is 8.66. The van der Waals surface area contributed by atoms with E-state index in [1.54, 1.807) is 6.08 Å². The van der Waals surface area contributed by atoms with Crippen molar-refractivity contribution in [2.45, 2.75) is 38.1 Å². The van der Waals surface area contributed by atoms with Gasteiger partial charge in [-0.05, 0) is 31.7 Å². The van der Waals surface area contributed by atoms with Crippen molar-refractivity contribution in [1.29, 1.82) is 0 Å². The largest absolute Gasteiger partial charge is 0.381 e. The van der Waals surface area contributed by atoms with Crippen LogP contribution in [0.4, 0.5) is 0 Å². The van der Waals surface area contributed by atoms with Crippen molar-refractivity contribution in [3.63, 3.8) is 0 Å². The van der Waals surface area contributed by atoms with Gasteiger partial charge in [-0.3, -0.25) is 0 Å². The van der Waals surface area contributed by atoms with Gasteiger partial charge in [-0.15, -0.1) is 0 Å². The molecule has 0 aliphatic carbocycles. The minimum Gasteiger partial charge on any atom is -0.381 e. The molecule has 1 saturated heterocycles. The third kappa shape index (κ3) is 4.71. The van der Waals surface area contributed by atoms with Gasteiger partial charge in [0.05, 0.1) is 5.75 Å². The summed E-state index contributed by atoms with van der Waals surface area (Å²) in [5.74, 6) is 1.07. The number of rotatable bonds is 6. The molecule has 1 N–H and O–H groups in total. The highest BCUT2D eigenvalue weighted by Crippen LogP contribution is 2.20. The molecule has 1 unspecified atom stereocenters. The maximum absolute atomic E-state index is 11.2. The van der Waals surface area contributed by atoms with Crippen LogP contribution in [0, 0.1) is 5.92 Å². The van der Waals surface area contributed by atoms with Gasteiger partial charge in [0.2, 0.25) is 0 Å². The molecule has 18 heavy (non-hydrogen) atoms. The molecule has 5 heteroatoms. The van der Waals surface area contributed by atoms with E-state index in [9.17, 15) is 8.42 Å². The molecule has 104 valence electrons. The Morgan fingerprint density at radius 3 is 2.67 bits per heavy atom. The monoisotopic (exact) mass is 273 g/mol. The Morgan fingerprint density at radius 2 is 2.00 bits per heavy atom. The van der Waals surface area contributed by atoms with E-state index in [1.165, 1.54) is 31.1 Å². The van der Waals surface area contributed by atoms with Gasteiger partial charge in [0, 0.05) is 24.7 Å². The zero-order valence-electron chi connectivity index (χ0n) is 10.8. The number of nitrogens with one attached hydrogen (secondary N) is 1. The van der Waals surface area contributed by atoms with Crippen molar-refractivity contribution in [2.75, 3.05) is 25.5 Å². The number of ether oxygens (including phenoxy) is 1. The normalized spacial score (nSPS) is 27.7. The summed E-state index contributed by atoms with van der Waals surface area (Å²) in [6.45, 7) is 2.76. The van der Waals surface area contributed by atoms with E-state index in [0.29, 0.717) is 0 Å². The minimum atomic E-state index is -2.91. The quantitative estimate of drug-likeness (QED) is 0.745. The van der Waals surface area contributed by atoms with Gasteiger partial charge >= 0.3 is 0 Å². The van der Waals surface area contributed by atoms with Crippen LogP contribution in [-0.2, 0) is 14.6 Å². The van der Waals surface area contributed by atoms with Crippen LogP contribution in [0.5, 0.6) is 0 Å². The van der Waals surface area contributed by atoms with Crippen LogP contribution in [0.2, 0.25) is 0 Å².